The van der Waals surface area contributed by atoms with Gasteiger partial charge in [-0.25, -0.2) is 17.8 Å². The van der Waals surface area contributed by atoms with E-state index in [0.29, 0.717) is 27.0 Å². The first-order valence-corrected chi connectivity index (χ1v) is 9.38. The predicted octanol–water partition coefficient (Wildman–Crippen LogP) is 3.81. The SMILES string of the molecule is CS(=O)(=O)c1ccc(-c2coc(=O)n2-c2ccc(Cl)c(Cl)c2)cc1. The van der Waals surface area contributed by atoms with Crippen molar-refractivity contribution in [1.82, 2.24) is 4.57 Å². The van der Waals surface area contributed by atoms with Crippen molar-refractivity contribution in [2.45, 2.75) is 4.90 Å². The number of sulfone groups is 1. The number of oxazole rings is 1. The summed E-state index contributed by atoms with van der Waals surface area (Å²) in [7, 11) is -3.29. The van der Waals surface area contributed by atoms with Crippen molar-refractivity contribution in [3.8, 4) is 16.9 Å². The molecule has 0 N–H and O–H groups in total. The maximum absolute atomic E-state index is 12.1. The van der Waals surface area contributed by atoms with Gasteiger partial charge in [0, 0.05) is 11.8 Å². The number of hydrogen-bond acceptors (Lipinski definition) is 4. The van der Waals surface area contributed by atoms with E-state index in [2.05, 4.69) is 0 Å². The minimum absolute atomic E-state index is 0.193. The van der Waals surface area contributed by atoms with Gasteiger partial charge < -0.3 is 4.42 Å². The lowest BCUT2D eigenvalue weighted by molar-refractivity contribution is 0.504. The molecule has 3 aromatic rings. The zero-order valence-electron chi connectivity index (χ0n) is 12.4. The van der Waals surface area contributed by atoms with E-state index in [9.17, 15) is 13.2 Å². The van der Waals surface area contributed by atoms with Gasteiger partial charge in [-0.2, -0.15) is 0 Å². The monoisotopic (exact) mass is 383 g/mol. The third-order valence-electron chi connectivity index (χ3n) is 3.43. The summed E-state index contributed by atoms with van der Waals surface area (Å²) >= 11 is 11.9. The van der Waals surface area contributed by atoms with Crippen LogP contribution in [0.5, 0.6) is 0 Å². The van der Waals surface area contributed by atoms with E-state index < -0.39 is 15.6 Å². The molecular formula is C16H11Cl2NO4S. The lowest BCUT2D eigenvalue weighted by Crippen LogP contribution is -2.13. The molecule has 0 spiro atoms. The number of halogens is 2. The molecule has 0 aliphatic heterocycles. The topological polar surface area (TPSA) is 69.3 Å². The van der Waals surface area contributed by atoms with Crippen LogP contribution >= 0.6 is 23.2 Å². The molecule has 0 saturated heterocycles. The Morgan fingerprint density at radius 2 is 1.67 bits per heavy atom. The Morgan fingerprint density at radius 1 is 1.00 bits per heavy atom. The highest BCUT2D eigenvalue weighted by Crippen LogP contribution is 2.27. The number of nitrogens with zero attached hydrogens (tertiary/aromatic N) is 1. The first kappa shape index (κ1) is 16.8. The average molecular weight is 384 g/mol. The van der Waals surface area contributed by atoms with Crippen molar-refractivity contribution >= 4 is 33.0 Å². The normalized spacial score (nSPS) is 11.6. The third-order valence-corrected chi connectivity index (χ3v) is 5.30. The largest absolute Gasteiger partial charge is 0.424 e. The Kier molecular flexibility index (Phi) is 4.29. The molecule has 5 nitrogen and oxygen atoms in total. The predicted molar refractivity (Wildman–Crippen MR) is 92.9 cm³/mol. The Labute approximate surface area is 148 Å². The zero-order valence-corrected chi connectivity index (χ0v) is 14.7. The maximum atomic E-state index is 12.1. The second kappa shape index (κ2) is 6.12. The van der Waals surface area contributed by atoms with Crippen molar-refractivity contribution in [3.63, 3.8) is 0 Å². The van der Waals surface area contributed by atoms with Gasteiger partial charge >= 0.3 is 5.76 Å². The maximum Gasteiger partial charge on any atom is 0.424 e. The Morgan fingerprint density at radius 3 is 2.25 bits per heavy atom. The molecule has 8 heteroatoms. The fraction of sp³-hybridized carbons (Fsp3) is 0.0625. The van der Waals surface area contributed by atoms with Crippen LogP contribution in [0.3, 0.4) is 0 Å². The lowest BCUT2D eigenvalue weighted by Gasteiger charge is -2.08. The number of hydrogen-bond donors (Lipinski definition) is 0. The minimum Gasteiger partial charge on any atom is -0.415 e. The van der Waals surface area contributed by atoms with E-state index in [1.807, 2.05) is 0 Å². The number of rotatable bonds is 3. The van der Waals surface area contributed by atoms with E-state index in [1.54, 1.807) is 30.3 Å². The van der Waals surface area contributed by atoms with Gasteiger partial charge in [-0.05, 0) is 30.3 Å². The summed E-state index contributed by atoms with van der Waals surface area (Å²) < 4.78 is 29.4. The van der Waals surface area contributed by atoms with Gasteiger partial charge in [-0.3, -0.25) is 0 Å². The molecule has 2 aromatic carbocycles. The summed E-state index contributed by atoms with van der Waals surface area (Å²) in [6.07, 6.45) is 2.44. The van der Waals surface area contributed by atoms with Gasteiger partial charge in [0.25, 0.3) is 0 Å². The zero-order chi connectivity index (χ0) is 17.5. The summed E-state index contributed by atoms with van der Waals surface area (Å²) in [6, 6.07) is 10.9. The van der Waals surface area contributed by atoms with Crippen LogP contribution in [-0.2, 0) is 9.84 Å². The van der Waals surface area contributed by atoms with Gasteiger partial charge in [0.2, 0.25) is 0 Å². The molecule has 0 fully saturated rings. The molecule has 0 unspecified atom stereocenters. The van der Waals surface area contributed by atoms with E-state index in [4.69, 9.17) is 27.6 Å². The van der Waals surface area contributed by atoms with Crippen LogP contribution in [0.15, 0.2) is 62.8 Å². The van der Waals surface area contributed by atoms with E-state index in [0.717, 1.165) is 6.26 Å². The van der Waals surface area contributed by atoms with Crippen LogP contribution in [0.4, 0.5) is 0 Å². The fourth-order valence-corrected chi connectivity index (χ4v) is 3.17. The highest BCUT2D eigenvalue weighted by Gasteiger charge is 2.15. The fourth-order valence-electron chi connectivity index (χ4n) is 2.25. The van der Waals surface area contributed by atoms with Crippen molar-refractivity contribution in [1.29, 1.82) is 0 Å². The Bertz CT molecular complexity index is 1070. The molecule has 0 aliphatic rings. The average Bonchev–Trinajstić information content (AvgIpc) is 2.91. The second-order valence-corrected chi connectivity index (χ2v) is 7.95. The highest BCUT2D eigenvalue weighted by atomic mass is 35.5. The van der Waals surface area contributed by atoms with Gasteiger partial charge in [-0.15, -0.1) is 0 Å². The molecular weight excluding hydrogens is 373 g/mol. The number of aromatic nitrogens is 1. The number of benzene rings is 2. The van der Waals surface area contributed by atoms with Crippen LogP contribution in [0, 0.1) is 0 Å². The molecule has 0 aliphatic carbocycles. The second-order valence-electron chi connectivity index (χ2n) is 5.12. The van der Waals surface area contributed by atoms with Crippen LogP contribution in [0.2, 0.25) is 10.0 Å². The summed E-state index contributed by atoms with van der Waals surface area (Å²) in [6.45, 7) is 0. The third kappa shape index (κ3) is 3.13. The van der Waals surface area contributed by atoms with Crippen LogP contribution in [0.1, 0.15) is 0 Å². The van der Waals surface area contributed by atoms with Crippen LogP contribution in [0.25, 0.3) is 16.9 Å². The molecule has 0 saturated carbocycles. The highest BCUT2D eigenvalue weighted by molar-refractivity contribution is 7.90. The lowest BCUT2D eigenvalue weighted by atomic mass is 10.1. The first-order chi connectivity index (χ1) is 11.3. The summed E-state index contributed by atoms with van der Waals surface area (Å²) in [5, 5.41) is 0.677. The van der Waals surface area contributed by atoms with Gasteiger partial charge in [-0.1, -0.05) is 35.3 Å². The molecule has 24 heavy (non-hydrogen) atoms. The van der Waals surface area contributed by atoms with E-state index in [-0.39, 0.29) is 4.90 Å². The molecule has 124 valence electrons. The Balaban J connectivity index is 2.14. The van der Waals surface area contributed by atoms with Crippen LogP contribution in [-0.4, -0.2) is 19.2 Å². The Hall–Kier alpha value is -2.02. The molecule has 3 rings (SSSR count). The van der Waals surface area contributed by atoms with Gasteiger partial charge in [0.15, 0.2) is 9.84 Å². The summed E-state index contributed by atoms with van der Waals surface area (Å²) in [5.41, 5.74) is 1.59. The molecule has 0 amide bonds. The molecule has 1 heterocycles. The van der Waals surface area contributed by atoms with Crippen molar-refractivity contribution in [2.75, 3.05) is 6.26 Å². The first-order valence-electron chi connectivity index (χ1n) is 6.74. The quantitative estimate of drug-likeness (QED) is 0.689. The molecule has 0 radical (unpaired) electrons. The summed E-state index contributed by atoms with van der Waals surface area (Å²) in [4.78, 5) is 12.3. The van der Waals surface area contributed by atoms with Crippen molar-refractivity contribution in [2.24, 2.45) is 0 Å². The molecule has 1 aromatic heterocycles. The summed E-state index contributed by atoms with van der Waals surface area (Å²) in [5.74, 6) is -0.587. The standard InChI is InChI=1S/C16H11Cl2NO4S/c1-24(21,22)12-5-2-10(3-6-12)15-9-23-16(20)19(15)11-4-7-13(17)14(18)8-11/h2-9H,1H3. The molecule has 0 bridgehead atoms. The molecule has 0 atom stereocenters. The van der Waals surface area contributed by atoms with Gasteiger partial charge in [0.1, 0.15) is 6.26 Å². The smallest absolute Gasteiger partial charge is 0.415 e. The van der Waals surface area contributed by atoms with Gasteiger partial charge in [0.05, 0.1) is 26.3 Å². The van der Waals surface area contributed by atoms with Crippen molar-refractivity contribution < 1.29 is 12.8 Å². The van der Waals surface area contributed by atoms with E-state index in [1.165, 1.54) is 23.0 Å². The van der Waals surface area contributed by atoms with Crippen LogP contribution < -0.4 is 5.76 Å². The minimum atomic E-state index is -3.29. The van der Waals surface area contributed by atoms with E-state index >= 15 is 0 Å². The van der Waals surface area contributed by atoms with Crippen molar-refractivity contribution in [3.05, 3.63) is 69.3 Å².